The summed E-state index contributed by atoms with van der Waals surface area (Å²) in [4.78, 5) is 23.4. The van der Waals surface area contributed by atoms with Gasteiger partial charge < -0.3 is 15.2 Å². The fourth-order valence-electron chi connectivity index (χ4n) is 2.01. The minimum atomic E-state index is -1.00. The molecule has 0 spiro atoms. The van der Waals surface area contributed by atoms with Crippen LogP contribution in [-0.2, 0) is 9.53 Å². The maximum absolute atomic E-state index is 12.2. The molecular weight excluding hydrogens is 278 g/mol. The van der Waals surface area contributed by atoms with Crippen LogP contribution in [0.5, 0.6) is 0 Å². The number of carboxylic acids is 1. The lowest BCUT2D eigenvalue weighted by Gasteiger charge is -2.34. The molecule has 0 unspecified atom stereocenters. The predicted octanol–water partition coefficient (Wildman–Crippen LogP) is 2.14. The fourth-order valence-corrected chi connectivity index (χ4v) is 2.79. The largest absolute Gasteiger partial charge is 0.478 e. The minimum Gasteiger partial charge on any atom is -0.478 e. The number of hydrogen-bond donors (Lipinski definition) is 2. The van der Waals surface area contributed by atoms with E-state index in [1.54, 1.807) is 11.4 Å². The maximum atomic E-state index is 12.2. The highest BCUT2D eigenvalue weighted by Gasteiger charge is 2.29. The third-order valence-electron chi connectivity index (χ3n) is 3.28. The summed E-state index contributed by atoms with van der Waals surface area (Å²) in [6, 6.07) is 1.70. The molecule has 1 aliphatic heterocycles. The second-order valence-electron chi connectivity index (χ2n) is 5.04. The van der Waals surface area contributed by atoms with Crippen LogP contribution in [0.2, 0.25) is 0 Å². The van der Waals surface area contributed by atoms with Gasteiger partial charge in [0.25, 0.3) is 5.91 Å². The summed E-state index contributed by atoms with van der Waals surface area (Å²) in [5, 5.41) is 13.3. The standard InChI is InChI=1S/C14H17NO4S/c1-14(4-6-19-7-5-14)15-13(18)10-8-11(20-9-10)2-3-12(16)17/h2-3,8-9H,4-7H2,1H3,(H,15,18)(H,16,17)/b3-2+. The molecule has 1 aliphatic rings. The monoisotopic (exact) mass is 295 g/mol. The van der Waals surface area contributed by atoms with Gasteiger partial charge >= 0.3 is 5.97 Å². The molecule has 0 bridgehead atoms. The van der Waals surface area contributed by atoms with Crippen LogP contribution in [0.3, 0.4) is 0 Å². The van der Waals surface area contributed by atoms with E-state index in [-0.39, 0.29) is 11.4 Å². The Morgan fingerprint density at radius 1 is 1.45 bits per heavy atom. The van der Waals surface area contributed by atoms with Gasteiger partial charge in [0.05, 0.1) is 5.56 Å². The highest BCUT2D eigenvalue weighted by atomic mass is 32.1. The van der Waals surface area contributed by atoms with Gasteiger partial charge in [0, 0.05) is 35.1 Å². The maximum Gasteiger partial charge on any atom is 0.328 e. The molecular formula is C14H17NO4S. The van der Waals surface area contributed by atoms with E-state index in [0.717, 1.165) is 23.8 Å². The molecule has 0 atom stereocenters. The Bertz CT molecular complexity index is 529. The van der Waals surface area contributed by atoms with E-state index in [2.05, 4.69) is 5.32 Å². The molecule has 1 aromatic heterocycles. The first kappa shape index (κ1) is 14.7. The minimum absolute atomic E-state index is 0.124. The molecule has 1 amide bonds. The number of ether oxygens (including phenoxy) is 1. The number of hydrogen-bond acceptors (Lipinski definition) is 4. The van der Waals surface area contributed by atoms with E-state index in [1.165, 1.54) is 17.4 Å². The van der Waals surface area contributed by atoms with Crippen molar-refractivity contribution in [2.24, 2.45) is 0 Å². The van der Waals surface area contributed by atoms with Gasteiger partial charge in [0.15, 0.2) is 0 Å². The lowest BCUT2D eigenvalue weighted by atomic mass is 9.92. The van der Waals surface area contributed by atoms with E-state index in [9.17, 15) is 9.59 Å². The van der Waals surface area contributed by atoms with E-state index < -0.39 is 5.97 Å². The van der Waals surface area contributed by atoms with Crippen molar-refractivity contribution in [1.29, 1.82) is 0 Å². The molecule has 6 heteroatoms. The number of thiophene rings is 1. The molecule has 5 nitrogen and oxygen atoms in total. The Morgan fingerprint density at radius 3 is 2.80 bits per heavy atom. The molecule has 2 rings (SSSR count). The molecule has 0 aliphatic carbocycles. The van der Waals surface area contributed by atoms with Gasteiger partial charge in [0.2, 0.25) is 0 Å². The SMILES string of the molecule is CC1(NC(=O)c2csc(/C=C/C(=O)O)c2)CCOCC1. The van der Waals surface area contributed by atoms with Gasteiger partial charge in [-0.3, -0.25) is 4.79 Å². The molecule has 1 fully saturated rings. The number of carbonyl (C=O) groups excluding carboxylic acids is 1. The van der Waals surface area contributed by atoms with Gasteiger partial charge in [-0.1, -0.05) is 0 Å². The summed E-state index contributed by atoms with van der Waals surface area (Å²) in [5.41, 5.74) is 0.335. The van der Waals surface area contributed by atoms with E-state index in [1.807, 2.05) is 6.92 Å². The molecule has 108 valence electrons. The average Bonchev–Trinajstić information content (AvgIpc) is 2.85. The van der Waals surface area contributed by atoms with Crippen LogP contribution in [0.15, 0.2) is 17.5 Å². The molecule has 1 aromatic rings. The van der Waals surface area contributed by atoms with Crippen molar-refractivity contribution in [2.45, 2.75) is 25.3 Å². The Morgan fingerprint density at radius 2 is 2.15 bits per heavy atom. The van der Waals surface area contributed by atoms with E-state index >= 15 is 0 Å². The third-order valence-corrected chi connectivity index (χ3v) is 4.18. The number of carboxylic acid groups (broad SMARTS) is 1. The fraction of sp³-hybridized carbons (Fsp3) is 0.429. The Hall–Kier alpha value is -1.66. The van der Waals surface area contributed by atoms with Crippen LogP contribution < -0.4 is 5.32 Å². The average molecular weight is 295 g/mol. The quantitative estimate of drug-likeness (QED) is 0.835. The Kier molecular flexibility index (Phi) is 4.57. The summed E-state index contributed by atoms with van der Waals surface area (Å²) in [5.74, 6) is -1.13. The van der Waals surface area contributed by atoms with Crippen LogP contribution in [0, 0.1) is 0 Å². The predicted molar refractivity (Wildman–Crippen MR) is 76.9 cm³/mol. The zero-order valence-electron chi connectivity index (χ0n) is 11.2. The van der Waals surface area contributed by atoms with Crippen molar-refractivity contribution in [2.75, 3.05) is 13.2 Å². The number of amides is 1. The van der Waals surface area contributed by atoms with Crippen LogP contribution in [0.1, 0.15) is 35.0 Å². The summed E-state index contributed by atoms with van der Waals surface area (Å²) in [6.07, 6.45) is 4.15. The molecule has 2 N–H and O–H groups in total. The zero-order valence-corrected chi connectivity index (χ0v) is 12.0. The smallest absolute Gasteiger partial charge is 0.328 e. The van der Waals surface area contributed by atoms with Crippen molar-refractivity contribution in [1.82, 2.24) is 5.32 Å². The lowest BCUT2D eigenvalue weighted by molar-refractivity contribution is -0.131. The first-order valence-corrected chi connectivity index (χ1v) is 7.26. The summed E-state index contributed by atoms with van der Waals surface area (Å²) in [6.45, 7) is 3.34. The van der Waals surface area contributed by atoms with Crippen molar-refractivity contribution in [3.05, 3.63) is 28.0 Å². The van der Waals surface area contributed by atoms with Gasteiger partial charge in [-0.05, 0) is 31.9 Å². The lowest BCUT2D eigenvalue weighted by Crippen LogP contribution is -2.49. The normalized spacial score (nSPS) is 18.1. The number of aliphatic carboxylic acids is 1. The molecule has 0 radical (unpaired) electrons. The Labute approximate surface area is 121 Å². The van der Waals surface area contributed by atoms with E-state index in [0.29, 0.717) is 18.8 Å². The summed E-state index contributed by atoms with van der Waals surface area (Å²) < 4.78 is 5.30. The van der Waals surface area contributed by atoms with Crippen molar-refractivity contribution < 1.29 is 19.4 Å². The van der Waals surface area contributed by atoms with Gasteiger partial charge in [-0.25, -0.2) is 4.79 Å². The summed E-state index contributed by atoms with van der Waals surface area (Å²) in [7, 11) is 0. The number of carbonyl (C=O) groups is 2. The van der Waals surface area contributed by atoms with Crippen LogP contribution >= 0.6 is 11.3 Å². The molecule has 0 aromatic carbocycles. The molecule has 0 saturated carbocycles. The van der Waals surface area contributed by atoms with Gasteiger partial charge in [-0.15, -0.1) is 11.3 Å². The number of nitrogens with one attached hydrogen (secondary N) is 1. The van der Waals surface area contributed by atoms with Crippen LogP contribution in [0.25, 0.3) is 6.08 Å². The second kappa shape index (κ2) is 6.19. The van der Waals surface area contributed by atoms with Crippen molar-refractivity contribution >= 4 is 29.3 Å². The van der Waals surface area contributed by atoms with E-state index in [4.69, 9.17) is 9.84 Å². The second-order valence-corrected chi connectivity index (χ2v) is 5.98. The highest BCUT2D eigenvalue weighted by molar-refractivity contribution is 7.11. The Balaban J connectivity index is 2.00. The molecule has 1 saturated heterocycles. The first-order valence-electron chi connectivity index (χ1n) is 6.38. The third kappa shape index (κ3) is 3.91. The summed E-state index contributed by atoms with van der Waals surface area (Å²) >= 11 is 1.35. The first-order chi connectivity index (χ1) is 9.48. The van der Waals surface area contributed by atoms with Crippen LogP contribution in [0.4, 0.5) is 0 Å². The van der Waals surface area contributed by atoms with Gasteiger partial charge in [0.1, 0.15) is 0 Å². The highest BCUT2D eigenvalue weighted by Crippen LogP contribution is 2.22. The number of rotatable bonds is 4. The molecule has 20 heavy (non-hydrogen) atoms. The zero-order chi connectivity index (χ0) is 14.6. The topological polar surface area (TPSA) is 75.6 Å². The van der Waals surface area contributed by atoms with Gasteiger partial charge in [-0.2, -0.15) is 0 Å². The van der Waals surface area contributed by atoms with Crippen molar-refractivity contribution in [3.8, 4) is 0 Å². The van der Waals surface area contributed by atoms with Crippen LogP contribution in [-0.4, -0.2) is 35.7 Å². The molecule has 2 heterocycles. The van der Waals surface area contributed by atoms with Crippen molar-refractivity contribution in [3.63, 3.8) is 0 Å².